The molecule has 3 rings (SSSR count). The van der Waals surface area contributed by atoms with Gasteiger partial charge in [0.1, 0.15) is 5.49 Å². The van der Waals surface area contributed by atoms with Gasteiger partial charge < -0.3 is 10.3 Å². The number of carbonyl (C=O) groups is 1. The van der Waals surface area contributed by atoms with Gasteiger partial charge in [0, 0.05) is 12.5 Å². The second kappa shape index (κ2) is 5.75. The van der Waals surface area contributed by atoms with Crippen molar-refractivity contribution in [3.05, 3.63) is 57.7 Å². The van der Waals surface area contributed by atoms with Gasteiger partial charge in [-0.3, -0.25) is 10.2 Å². The predicted octanol–water partition coefficient (Wildman–Crippen LogP) is 1.66. The van der Waals surface area contributed by atoms with E-state index in [4.69, 9.17) is 22.7 Å². The molecular formula is C16H16ClN3O3S. The van der Waals surface area contributed by atoms with Crippen LogP contribution in [-0.2, 0) is 16.3 Å². The van der Waals surface area contributed by atoms with E-state index in [1.54, 1.807) is 29.0 Å². The Morgan fingerprint density at radius 3 is 2.71 bits per heavy atom. The molecule has 1 aliphatic rings. The van der Waals surface area contributed by atoms with Gasteiger partial charge in [-0.25, -0.2) is 8.42 Å². The summed E-state index contributed by atoms with van der Waals surface area (Å²) >= 11 is 6.07. The number of halogens is 1. The average Bonchev–Trinajstić information content (AvgIpc) is 2.91. The van der Waals surface area contributed by atoms with Crippen LogP contribution < -0.4 is 11.2 Å². The predicted molar refractivity (Wildman–Crippen MR) is 89.8 cm³/mol. The Labute approximate surface area is 144 Å². The third kappa shape index (κ3) is 2.85. The molecule has 1 aromatic heterocycles. The Bertz CT molecular complexity index is 1010. The van der Waals surface area contributed by atoms with Gasteiger partial charge in [-0.2, -0.15) is 0 Å². The molecule has 6 nitrogen and oxygen atoms in total. The molecule has 0 aliphatic heterocycles. The summed E-state index contributed by atoms with van der Waals surface area (Å²) in [6.45, 7) is 0. The minimum absolute atomic E-state index is 0.0329. The highest BCUT2D eigenvalue weighted by atomic mass is 35.5. The maximum absolute atomic E-state index is 11.8. The van der Waals surface area contributed by atoms with E-state index < -0.39 is 15.7 Å². The lowest BCUT2D eigenvalue weighted by Gasteiger charge is -2.18. The molecule has 0 saturated carbocycles. The number of fused-ring (bicyclic) bond motifs is 1. The molecule has 0 radical (unpaired) electrons. The van der Waals surface area contributed by atoms with Crippen molar-refractivity contribution in [2.24, 2.45) is 5.73 Å². The van der Waals surface area contributed by atoms with Crippen LogP contribution in [0.15, 0.2) is 35.4 Å². The Morgan fingerprint density at radius 1 is 1.38 bits per heavy atom. The SMILES string of the molecule is CS(=O)(=O)c1ccc2c(c1)C(n1cc(Cl)cc(C(N)=O)c1=N)CC2. The van der Waals surface area contributed by atoms with Gasteiger partial charge in [0.15, 0.2) is 9.84 Å². The third-order valence-corrected chi connectivity index (χ3v) is 5.57. The molecule has 1 heterocycles. The molecule has 1 aliphatic carbocycles. The summed E-state index contributed by atoms with van der Waals surface area (Å²) in [7, 11) is -3.33. The van der Waals surface area contributed by atoms with Crippen LogP contribution in [0.4, 0.5) is 0 Å². The first-order chi connectivity index (χ1) is 11.2. The Hall–Kier alpha value is -2.12. The van der Waals surface area contributed by atoms with E-state index in [1.165, 1.54) is 6.07 Å². The number of hydrogen-bond donors (Lipinski definition) is 2. The van der Waals surface area contributed by atoms with Crippen LogP contribution in [0.3, 0.4) is 0 Å². The number of primary amides is 1. The van der Waals surface area contributed by atoms with E-state index in [2.05, 4.69) is 0 Å². The lowest BCUT2D eigenvalue weighted by molar-refractivity contribution is 0.0997. The summed E-state index contributed by atoms with van der Waals surface area (Å²) in [5.41, 5.74) is 7.18. The smallest absolute Gasteiger partial charge is 0.252 e. The summed E-state index contributed by atoms with van der Waals surface area (Å²) in [5, 5.41) is 8.54. The number of aromatic nitrogens is 1. The lowest BCUT2D eigenvalue weighted by atomic mass is 10.1. The summed E-state index contributed by atoms with van der Waals surface area (Å²) in [6, 6.07) is 6.14. The largest absolute Gasteiger partial charge is 0.365 e. The van der Waals surface area contributed by atoms with Crippen LogP contribution in [0.2, 0.25) is 5.02 Å². The number of nitrogens with zero attached hydrogens (tertiary/aromatic N) is 1. The second-order valence-electron chi connectivity index (χ2n) is 5.88. The maximum Gasteiger partial charge on any atom is 0.252 e. The topological polar surface area (TPSA) is 106 Å². The molecule has 3 N–H and O–H groups in total. The van der Waals surface area contributed by atoms with E-state index in [1.807, 2.05) is 0 Å². The summed E-state index contributed by atoms with van der Waals surface area (Å²) in [5.74, 6) is -0.723. The van der Waals surface area contributed by atoms with Crippen LogP contribution in [0, 0.1) is 5.41 Å². The number of nitrogens with one attached hydrogen (secondary N) is 1. The highest BCUT2D eigenvalue weighted by Gasteiger charge is 2.26. The van der Waals surface area contributed by atoms with Crippen molar-refractivity contribution < 1.29 is 13.2 Å². The van der Waals surface area contributed by atoms with Crippen LogP contribution in [-0.4, -0.2) is 25.1 Å². The fraction of sp³-hybridized carbons (Fsp3) is 0.250. The Kier molecular flexibility index (Phi) is 4.01. The zero-order valence-corrected chi connectivity index (χ0v) is 14.5. The Balaban J connectivity index is 2.19. The first-order valence-electron chi connectivity index (χ1n) is 7.27. The number of amides is 1. The maximum atomic E-state index is 11.8. The van der Waals surface area contributed by atoms with E-state index in [-0.39, 0.29) is 22.0 Å². The number of benzene rings is 1. The molecule has 1 unspecified atom stereocenters. The van der Waals surface area contributed by atoms with Crippen molar-refractivity contribution >= 4 is 27.3 Å². The lowest BCUT2D eigenvalue weighted by Crippen LogP contribution is -2.31. The van der Waals surface area contributed by atoms with E-state index in [0.29, 0.717) is 11.4 Å². The fourth-order valence-corrected chi connectivity index (χ4v) is 3.96. The Morgan fingerprint density at radius 2 is 2.08 bits per heavy atom. The number of sulfone groups is 1. The molecule has 0 fully saturated rings. The molecule has 8 heteroatoms. The summed E-state index contributed by atoms with van der Waals surface area (Å²) in [4.78, 5) is 11.8. The van der Waals surface area contributed by atoms with Gasteiger partial charge in [-0.15, -0.1) is 0 Å². The number of nitrogens with two attached hydrogens (primary N) is 1. The molecule has 1 aromatic carbocycles. The number of rotatable bonds is 3. The summed E-state index contributed by atoms with van der Waals surface area (Å²) < 4.78 is 25.2. The zero-order chi connectivity index (χ0) is 17.6. The average molecular weight is 366 g/mol. The van der Waals surface area contributed by atoms with Crippen LogP contribution >= 0.6 is 11.6 Å². The summed E-state index contributed by atoms with van der Waals surface area (Å²) in [6.07, 6.45) is 4.18. The van der Waals surface area contributed by atoms with Crippen molar-refractivity contribution in [3.8, 4) is 0 Å². The van der Waals surface area contributed by atoms with Gasteiger partial charge in [0.05, 0.1) is 21.5 Å². The van der Waals surface area contributed by atoms with Gasteiger partial charge in [0.25, 0.3) is 5.91 Å². The number of carbonyl (C=O) groups excluding carboxylic acids is 1. The molecule has 1 atom stereocenters. The first-order valence-corrected chi connectivity index (χ1v) is 9.54. The fourth-order valence-electron chi connectivity index (χ4n) is 3.09. The van der Waals surface area contributed by atoms with Crippen molar-refractivity contribution in [2.45, 2.75) is 23.8 Å². The number of hydrogen-bond acceptors (Lipinski definition) is 4. The van der Waals surface area contributed by atoms with Crippen LogP contribution in [0.5, 0.6) is 0 Å². The van der Waals surface area contributed by atoms with Gasteiger partial charge >= 0.3 is 0 Å². The van der Waals surface area contributed by atoms with Crippen molar-refractivity contribution in [1.82, 2.24) is 4.57 Å². The monoisotopic (exact) mass is 365 g/mol. The van der Waals surface area contributed by atoms with E-state index in [0.717, 1.165) is 23.8 Å². The van der Waals surface area contributed by atoms with E-state index >= 15 is 0 Å². The standard InChI is InChI=1S/C16H16ClN3O3S/c1-24(22,23)11-4-2-9-3-5-14(12(9)7-11)20-8-10(17)6-13(15(20)18)16(19)21/h2,4,6-8,14,18H,3,5H2,1H3,(H2,19,21). The second-order valence-corrected chi connectivity index (χ2v) is 8.33. The minimum atomic E-state index is -3.33. The molecule has 2 aromatic rings. The van der Waals surface area contributed by atoms with Crippen molar-refractivity contribution in [2.75, 3.05) is 6.26 Å². The highest BCUT2D eigenvalue weighted by Crippen LogP contribution is 2.35. The molecule has 24 heavy (non-hydrogen) atoms. The van der Waals surface area contributed by atoms with Crippen LogP contribution in [0.25, 0.3) is 0 Å². The molecule has 0 saturated heterocycles. The first kappa shape index (κ1) is 16.7. The van der Waals surface area contributed by atoms with Crippen LogP contribution in [0.1, 0.15) is 33.9 Å². The number of pyridine rings is 1. The van der Waals surface area contributed by atoms with Gasteiger partial charge in [-0.1, -0.05) is 17.7 Å². The molecule has 0 bridgehead atoms. The minimum Gasteiger partial charge on any atom is -0.365 e. The number of aryl methyl sites for hydroxylation is 1. The highest BCUT2D eigenvalue weighted by molar-refractivity contribution is 7.90. The quantitative estimate of drug-likeness (QED) is 0.863. The van der Waals surface area contributed by atoms with E-state index in [9.17, 15) is 13.2 Å². The van der Waals surface area contributed by atoms with Crippen molar-refractivity contribution in [3.63, 3.8) is 0 Å². The van der Waals surface area contributed by atoms with Gasteiger partial charge in [0.2, 0.25) is 0 Å². The molecule has 0 spiro atoms. The molecule has 126 valence electrons. The van der Waals surface area contributed by atoms with Gasteiger partial charge in [-0.05, 0) is 42.2 Å². The van der Waals surface area contributed by atoms with Crippen molar-refractivity contribution in [1.29, 1.82) is 5.41 Å². The normalized spacial score (nSPS) is 16.8. The molecule has 1 amide bonds. The molecular weight excluding hydrogens is 350 g/mol. The zero-order valence-electron chi connectivity index (χ0n) is 12.9. The third-order valence-electron chi connectivity index (χ3n) is 4.25.